The Balaban J connectivity index is 1.08. The number of nitrogens with one attached hydrogen (secondary N) is 1. The second-order valence-electron chi connectivity index (χ2n) is 10.2. The van der Waals surface area contributed by atoms with Crippen molar-refractivity contribution in [3.05, 3.63) is 40.3 Å². The third-order valence-corrected chi connectivity index (χ3v) is 9.83. The minimum absolute atomic E-state index is 0.0756. The third-order valence-electron chi connectivity index (χ3n) is 9.54. The summed E-state index contributed by atoms with van der Waals surface area (Å²) in [6, 6.07) is 3.94. The lowest BCUT2D eigenvalue weighted by Gasteiger charge is -3.08. The maximum atomic E-state index is 14.6. The van der Waals surface area contributed by atoms with E-state index in [9.17, 15) is 18.4 Å². The standard InChI is InChI=1S/C22H18ClF2N5O2/c23-8-5-7(1-2-9(8)24)18-11(19(26)31)10-6-29(3-4-30(10)28-18)20(32)27-22-15-12-16(22)14-17(22)13(15)21(12,14)25/h1-2,5,12-17H,3-4,6H2,(H2,26,31)(H,27,32). The van der Waals surface area contributed by atoms with Gasteiger partial charge in [-0.05, 0) is 36.0 Å². The number of rotatable bonds is 3. The van der Waals surface area contributed by atoms with Gasteiger partial charge >= 0.3 is 6.03 Å². The average molecular weight is 458 g/mol. The second kappa shape index (κ2) is 4.95. The van der Waals surface area contributed by atoms with E-state index in [1.807, 2.05) is 0 Å². The van der Waals surface area contributed by atoms with Crippen LogP contribution in [0.2, 0.25) is 5.02 Å². The maximum Gasteiger partial charge on any atom is 0.318 e. The number of alkyl halides is 1. The van der Waals surface area contributed by atoms with Gasteiger partial charge in [-0.2, -0.15) is 5.10 Å². The highest BCUT2D eigenvalue weighted by molar-refractivity contribution is 6.31. The molecule has 0 saturated heterocycles. The summed E-state index contributed by atoms with van der Waals surface area (Å²) in [6.07, 6.45) is 0. The first kappa shape index (κ1) is 17.8. The number of aromatic nitrogens is 2. The molecule has 3 N–H and O–H groups in total. The van der Waals surface area contributed by atoms with Crippen molar-refractivity contribution in [3.63, 3.8) is 0 Å². The maximum absolute atomic E-state index is 14.6. The molecular formula is C22H18ClF2N5O2. The number of primary amides is 1. The topological polar surface area (TPSA) is 93.2 Å². The molecule has 1 aliphatic heterocycles. The first-order chi connectivity index (χ1) is 15.3. The van der Waals surface area contributed by atoms with Crippen LogP contribution in [-0.4, -0.2) is 44.4 Å². The number of halogens is 3. The molecule has 6 fully saturated rings. The van der Waals surface area contributed by atoms with Gasteiger partial charge in [-0.25, -0.2) is 13.6 Å². The van der Waals surface area contributed by atoms with Crippen LogP contribution < -0.4 is 11.1 Å². The third kappa shape index (κ3) is 1.50. The molecule has 164 valence electrons. The molecule has 0 radical (unpaired) electrons. The number of hydrogen-bond donors (Lipinski definition) is 2. The Hall–Kier alpha value is -2.68. The fourth-order valence-corrected chi connectivity index (χ4v) is 8.69. The van der Waals surface area contributed by atoms with Crippen LogP contribution >= 0.6 is 11.6 Å². The Morgan fingerprint density at radius 2 is 1.84 bits per heavy atom. The summed E-state index contributed by atoms with van der Waals surface area (Å²) in [4.78, 5) is 27.1. The van der Waals surface area contributed by atoms with E-state index in [1.165, 1.54) is 18.2 Å². The Kier molecular flexibility index (Phi) is 2.76. The quantitative estimate of drug-likeness (QED) is 0.739. The largest absolute Gasteiger partial charge is 0.365 e. The molecule has 6 saturated carbocycles. The van der Waals surface area contributed by atoms with Crippen LogP contribution in [0.15, 0.2) is 18.2 Å². The first-order valence-corrected chi connectivity index (χ1v) is 11.3. The minimum Gasteiger partial charge on any atom is -0.365 e. The number of urea groups is 1. The summed E-state index contributed by atoms with van der Waals surface area (Å²) < 4.78 is 29.8. The van der Waals surface area contributed by atoms with Gasteiger partial charge in [-0.3, -0.25) is 9.48 Å². The molecule has 0 atom stereocenters. The van der Waals surface area contributed by atoms with Crippen LogP contribution in [0.5, 0.6) is 0 Å². The minimum atomic E-state index is -0.889. The van der Waals surface area contributed by atoms with E-state index in [1.54, 1.807) is 9.58 Å². The highest BCUT2D eigenvalue weighted by Gasteiger charge is 3.11. The highest BCUT2D eigenvalue weighted by atomic mass is 35.5. The van der Waals surface area contributed by atoms with Gasteiger partial charge in [0.2, 0.25) is 0 Å². The van der Waals surface area contributed by atoms with Gasteiger partial charge in [0, 0.05) is 29.9 Å². The van der Waals surface area contributed by atoms with Crippen LogP contribution in [0.1, 0.15) is 16.1 Å². The monoisotopic (exact) mass is 457 g/mol. The van der Waals surface area contributed by atoms with Crippen molar-refractivity contribution < 1.29 is 18.4 Å². The van der Waals surface area contributed by atoms with Crippen LogP contribution in [0, 0.1) is 41.3 Å². The van der Waals surface area contributed by atoms with E-state index in [-0.39, 0.29) is 46.5 Å². The van der Waals surface area contributed by atoms with E-state index in [2.05, 4.69) is 10.4 Å². The number of benzene rings is 1. The molecule has 7 nitrogen and oxygen atoms in total. The van der Waals surface area contributed by atoms with Crippen LogP contribution in [-0.2, 0) is 13.1 Å². The number of nitrogens with two attached hydrogens (primary N) is 1. The molecule has 0 spiro atoms. The summed E-state index contributed by atoms with van der Waals surface area (Å²) in [5.41, 5.74) is 6.17. The summed E-state index contributed by atoms with van der Waals surface area (Å²) in [5.74, 6) is 0.266. The summed E-state index contributed by atoms with van der Waals surface area (Å²) >= 11 is 5.91. The average Bonchev–Trinajstić information content (AvgIpc) is 3.17. The summed E-state index contributed by atoms with van der Waals surface area (Å²) in [5, 5.41) is 7.68. The molecule has 2 aromatic rings. The van der Waals surface area contributed by atoms with Gasteiger partial charge in [-0.15, -0.1) is 0 Å². The lowest BCUT2D eigenvalue weighted by molar-refractivity contribution is -0.614. The van der Waals surface area contributed by atoms with Gasteiger partial charge in [0.1, 0.15) is 17.2 Å². The smallest absolute Gasteiger partial charge is 0.318 e. The van der Waals surface area contributed by atoms with E-state index in [0.29, 0.717) is 47.8 Å². The number of carbonyl (C=O) groups excluding carboxylic acids is 2. The van der Waals surface area contributed by atoms with Crippen molar-refractivity contribution in [2.75, 3.05) is 6.54 Å². The van der Waals surface area contributed by atoms with Crippen LogP contribution in [0.3, 0.4) is 0 Å². The fraction of sp³-hybridized carbons (Fsp3) is 0.500. The number of fused-ring (bicyclic) bond motifs is 1. The molecule has 9 rings (SSSR count). The normalized spacial score (nSPS) is 42.4. The number of carbonyl (C=O) groups is 2. The SMILES string of the molecule is NC(=O)c1c(-c2ccc(F)c(Cl)c2)nn2c1CN(C(=O)NC13C4C5C1C1C3C4C51F)CC2. The molecule has 0 unspecified atom stereocenters. The number of nitrogens with zero attached hydrogens (tertiary/aromatic N) is 3. The molecule has 0 bridgehead atoms. The zero-order valence-electron chi connectivity index (χ0n) is 16.7. The summed E-state index contributed by atoms with van der Waals surface area (Å²) in [7, 11) is 0. The van der Waals surface area contributed by atoms with Crippen LogP contribution in [0.4, 0.5) is 13.6 Å². The molecule has 32 heavy (non-hydrogen) atoms. The fourth-order valence-electron chi connectivity index (χ4n) is 8.51. The molecule has 1 aromatic heterocycles. The van der Waals surface area contributed by atoms with E-state index in [0.717, 1.165) is 0 Å². The lowest BCUT2D eigenvalue weighted by atomic mass is 8.97. The highest BCUT2D eigenvalue weighted by Crippen LogP contribution is 3.04. The van der Waals surface area contributed by atoms with Gasteiger partial charge in [0.05, 0.1) is 34.9 Å². The lowest BCUT2D eigenvalue weighted by Crippen LogP contribution is -3.17. The predicted molar refractivity (Wildman–Crippen MR) is 108 cm³/mol. The number of amides is 3. The Morgan fingerprint density at radius 3 is 2.47 bits per heavy atom. The van der Waals surface area contributed by atoms with Gasteiger partial charge < -0.3 is 16.0 Å². The van der Waals surface area contributed by atoms with Gasteiger partial charge in [-0.1, -0.05) is 11.6 Å². The van der Waals surface area contributed by atoms with Gasteiger partial charge in [0.25, 0.3) is 5.91 Å². The van der Waals surface area contributed by atoms with E-state index < -0.39 is 17.4 Å². The van der Waals surface area contributed by atoms with Crippen molar-refractivity contribution in [3.8, 4) is 11.3 Å². The molecule has 2 heterocycles. The van der Waals surface area contributed by atoms with Crippen molar-refractivity contribution in [2.45, 2.75) is 24.3 Å². The zero-order valence-corrected chi connectivity index (χ0v) is 17.4. The Morgan fingerprint density at radius 1 is 1.16 bits per heavy atom. The van der Waals surface area contributed by atoms with Crippen molar-refractivity contribution in [1.82, 2.24) is 20.0 Å². The van der Waals surface area contributed by atoms with Crippen molar-refractivity contribution in [2.24, 2.45) is 41.2 Å². The predicted octanol–water partition coefficient (Wildman–Crippen LogP) is 2.18. The van der Waals surface area contributed by atoms with E-state index >= 15 is 0 Å². The number of hydrogen-bond acceptors (Lipinski definition) is 3. The Bertz CT molecular complexity index is 1250. The van der Waals surface area contributed by atoms with E-state index in [4.69, 9.17) is 17.3 Å². The first-order valence-electron chi connectivity index (χ1n) is 10.9. The Labute approximate surface area is 185 Å². The molecule has 6 aliphatic carbocycles. The summed E-state index contributed by atoms with van der Waals surface area (Å²) in [6.45, 7) is 1.02. The van der Waals surface area contributed by atoms with Gasteiger partial charge in [0.15, 0.2) is 0 Å². The van der Waals surface area contributed by atoms with Crippen LogP contribution in [0.25, 0.3) is 11.3 Å². The van der Waals surface area contributed by atoms with Crippen molar-refractivity contribution >= 4 is 23.5 Å². The molecule has 7 aliphatic rings. The second-order valence-corrected chi connectivity index (χ2v) is 10.6. The molecular weight excluding hydrogens is 440 g/mol. The molecule has 10 heteroatoms. The molecule has 3 amide bonds. The molecule has 1 aromatic carbocycles. The van der Waals surface area contributed by atoms with Crippen molar-refractivity contribution in [1.29, 1.82) is 0 Å². The zero-order chi connectivity index (χ0) is 21.9.